The zero-order valence-electron chi connectivity index (χ0n) is 18.3. The lowest BCUT2D eigenvalue weighted by Crippen LogP contribution is -2.32. The van der Waals surface area contributed by atoms with Crippen molar-refractivity contribution < 1.29 is 19.1 Å². The van der Waals surface area contributed by atoms with Crippen molar-refractivity contribution in [1.29, 1.82) is 0 Å². The van der Waals surface area contributed by atoms with E-state index in [1.54, 1.807) is 36.4 Å². The number of carbonyl (C=O) groups excluding carboxylic acids is 2. The van der Waals surface area contributed by atoms with Gasteiger partial charge in [0, 0.05) is 31.3 Å². The number of anilines is 1. The molecule has 0 aliphatic rings. The molecule has 0 spiro atoms. The summed E-state index contributed by atoms with van der Waals surface area (Å²) in [6.45, 7) is 2.46. The van der Waals surface area contributed by atoms with Gasteiger partial charge in [-0.1, -0.05) is 52.5 Å². The zero-order chi connectivity index (χ0) is 25.4. The molecule has 2 N–H and O–H groups in total. The average molecular weight is 555 g/mol. The first kappa shape index (κ1) is 26.6. The maximum atomic E-state index is 12.1. The van der Waals surface area contributed by atoms with Crippen molar-refractivity contribution in [3.63, 3.8) is 0 Å². The van der Waals surface area contributed by atoms with Gasteiger partial charge in [0.05, 0.1) is 12.8 Å². The van der Waals surface area contributed by atoms with Gasteiger partial charge in [0.1, 0.15) is 6.61 Å². The fourth-order valence-corrected chi connectivity index (χ4v) is 3.81. The number of carbonyl (C=O) groups is 2. The van der Waals surface area contributed by atoms with Crippen molar-refractivity contribution >= 4 is 70.1 Å². The van der Waals surface area contributed by atoms with Gasteiger partial charge in [0.2, 0.25) is 0 Å². The molecule has 3 rings (SSSR count). The highest BCUT2D eigenvalue weighted by molar-refractivity contribution is 6.40. The standard InChI is InChI=1S/C24H19Cl4N3O4/c1-2-34-22-7-14(3-6-21(22)35-13-15-4-5-16(25)11-20(15)28)12-29-31-24(33)23(32)30-19-9-17(26)8-18(27)10-19/h3-12H,2,13H2,1H3,(H,30,32)(H,31,33)/b29-12+. The van der Waals surface area contributed by atoms with Gasteiger partial charge in [0.25, 0.3) is 0 Å². The molecule has 7 nitrogen and oxygen atoms in total. The zero-order valence-corrected chi connectivity index (χ0v) is 21.3. The number of benzene rings is 3. The van der Waals surface area contributed by atoms with Crippen LogP contribution in [0.2, 0.25) is 20.1 Å². The van der Waals surface area contributed by atoms with E-state index < -0.39 is 11.8 Å². The van der Waals surface area contributed by atoms with Crippen LogP contribution in [0.25, 0.3) is 0 Å². The van der Waals surface area contributed by atoms with Crippen LogP contribution < -0.4 is 20.2 Å². The molecule has 11 heteroatoms. The van der Waals surface area contributed by atoms with Crippen LogP contribution in [0, 0.1) is 0 Å². The number of hydrogen-bond donors (Lipinski definition) is 2. The van der Waals surface area contributed by atoms with Crippen LogP contribution in [0.3, 0.4) is 0 Å². The summed E-state index contributed by atoms with van der Waals surface area (Å²) in [5, 5.41) is 7.89. The lowest BCUT2D eigenvalue weighted by atomic mass is 10.2. The van der Waals surface area contributed by atoms with E-state index in [-0.39, 0.29) is 12.3 Å². The average Bonchev–Trinajstić information content (AvgIpc) is 2.79. The highest BCUT2D eigenvalue weighted by atomic mass is 35.5. The molecule has 0 aromatic heterocycles. The minimum Gasteiger partial charge on any atom is -0.490 e. The fourth-order valence-electron chi connectivity index (χ4n) is 2.82. The molecule has 3 aromatic carbocycles. The van der Waals surface area contributed by atoms with Crippen molar-refractivity contribution in [1.82, 2.24) is 5.43 Å². The van der Waals surface area contributed by atoms with Crippen LogP contribution in [0.15, 0.2) is 59.7 Å². The molecule has 182 valence electrons. The van der Waals surface area contributed by atoms with Gasteiger partial charge in [-0.15, -0.1) is 0 Å². The third-order valence-corrected chi connectivity index (χ3v) is 5.40. The molecule has 0 atom stereocenters. The maximum absolute atomic E-state index is 12.1. The molecule has 0 unspecified atom stereocenters. The Morgan fingerprint density at radius 1 is 0.857 bits per heavy atom. The van der Waals surface area contributed by atoms with Gasteiger partial charge >= 0.3 is 11.8 Å². The second kappa shape index (κ2) is 12.7. The van der Waals surface area contributed by atoms with E-state index in [4.69, 9.17) is 55.9 Å². The summed E-state index contributed by atoms with van der Waals surface area (Å²) in [7, 11) is 0. The lowest BCUT2D eigenvalue weighted by molar-refractivity contribution is -0.136. The van der Waals surface area contributed by atoms with Crippen molar-refractivity contribution in [3.05, 3.63) is 85.8 Å². The molecular weight excluding hydrogens is 536 g/mol. The van der Waals surface area contributed by atoms with Crippen LogP contribution >= 0.6 is 46.4 Å². The van der Waals surface area contributed by atoms with E-state index in [2.05, 4.69) is 15.8 Å². The number of ether oxygens (including phenoxy) is 2. The summed E-state index contributed by atoms with van der Waals surface area (Å²) in [5.74, 6) is -0.927. The van der Waals surface area contributed by atoms with Crippen LogP contribution in [0.5, 0.6) is 11.5 Å². The molecule has 0 aliphatic heterocycles. The van der Waals surface area contributed by atoms with Gasteiger partial charge in [-0.3, -0.25) is 9.59 Å². The van der Waals surface area contributed by atoms with E-state index in [1.807, 2.05) is 6.92 Å². The predicted molar refractivity (Wildman–Crippen MR) is 139 cm³/mol. The summed E-state index contributed by atoms with van der Waals surface area (Å²) >= 11 is 23.9. The van der Waals surface area contributed by atoms with Crippen molar-refractivity contribution in [2.45, 2.75) is 13.5 Å². The molecule has 3 aromatic rings. The Morgan fingerprint density at radius 3 is 2.29 bits per heavy atom. The first-order chi connectivity index (χ1) is 16.7. The number of hydrazone groups is 1. The quantitative estimate of drug-likeness (QED) is 0.192. The molecule has 0 fully saturated rings. The Morgan fingerprint density at radius 2 is 1.60 bits per heavy atom. The number of hydrogen-bond acceptors (Lipinski definition) is 5. The van der Waals surface area contributed by atoms with Crippen LogP contribution in [0.4, 0.5) is 5.69 Å². The van der Waals surface area contributed by atoms with E-state index in [0.717, 1.165) is 5.56 Å². The second-order valence-corrected chi connectivity index (χ2v) is 8.69. The minimum atomic E-state index is -0.970. The van der Waals surface area contributed by atoms with Crippen molar-refractivity contribution in [2.24, 2.45) is 5.10 Å². The monoisotopic (exact) mass is 553 g/mol. The van der Waals surface area contributed by atoms with E-state index in [9.17, 15) is 9.59 Å². The number of rotatable bonds is 8. The molecule has 0 aliphatic carbocycles. The SMILES string of the molecule is CCOc1cc(/C=N/NC(=O)C(=O)Nc2cc(Cl)cc(Cl)c2)ccc1OCc1ccc(Cl)cc1Cl. The van der Waals surface area contributed by atoms with Crippen molar-refractivity contribution in [3.8, 4) is 11.5 Å². The fraction of sp³-hybridized carbons (Fsp3) is 0.125. The number of halogens is 4. The Hall–Kier alpha value is -2.97. The van der Waals surface area contributed by atoms with Crippen LogP contribution in [0.1, 0.15) is 18.1 Å². The van der Waals surface area contributed by atoms with E-state index >= 15 is 0 Å². The van der Waals surface area contributed by atoms with E-state index in [0.29, 0.717) is 43.8 Å². The van der Waals surface area contributed by atoms with Gasteiger partial charge in [-0.05, 0) is 61.0 Å². The third kappa shape index (κ3) is 8.04. The first-order valence-corrected chi connectivity index (χ1v) is 11.7. The smallest absolute Gasteiger partial charge is 0.329 e. The van der Waals surface area contributed by atoms with Crippen LogP contribution in [-0.4, -0.2) is 24.6 Å². The van der Waals surface area contributed by atoms with Crippen LogP contribution in [-0.2, 0) is 16.2 Å². The van der Waals surface area contributed by atoms with Gasteiger partial charge < -0.3 is 14.8 Å². The number of nitrogens with one attached hydrogen (secondary N) is 2. The number of nitrogens with zero attached hydrogens (tertiary/aromatic N) is 1. The predicted octanol–water partition coefficient (Wildman–Crippen LogP) is 6.37. The van der Waals surface area contributed by atoms with Gasteiger partial charge in [-0.25, -0.2) is 5.43 Å². The summed E-state index contributed by atoms with van der Waals surface area (Å²) < 4.78 is 11.5. The molecule has 0 saturated carbocycles. The van der Waals surface area contributed by atoms with Gasteiger partial charge in [0.15, 0.2) is 11.5 Å². The summed E-state index contributed by atoms with van der Waals surface area (Å²) in [6, 6.07) is 14.7. The number of amides is 2. The first-order valence-electron chi connectivity index (χ1n) is 10.2. The summed E-state index contributed by atoms with van der Waals surface area (Å²) in [6.07, 6.45) is 1.36. The summed E-state index contributed by atoms with van der Waals surface area (Å²) in [5.41, 5.74) is 3.81. The second-order valence-electron chi connectivity index (χ2n) is 6.97. The highest BCUT2D eigenvalue weighted by Crippen LogP contribution is 2.30. The summed E-state index contributed by atoms with van der Waals surface area (Å²) in [4.78, 5) is 24.1. The molecule has 35 heavy (non-hydrogen) atoms. The third-order valence-electron chi connectivity index (χ3n) is 4.37. The Balaban J connectivity index is 1.61. The Kier molecular flexibility index (Phi) is 9.63. The van der Waals surface area contributed by atoms with E-state index in [1.165, 1.54) is 24.4 Å². The van der Waals surface area contributed by atoms with Crippen molar-refractivity contribution in [2.75, 3.05) is 11.9 Å². The van der Waals surface area contributed by atoms with Gasteiger partial charge in [-0.2, -0.15) is 5.10 Å². The Bertz CT molecular complexity index is 1250. The largest absolute Gasteiger partial charge is 0.490 e. The molecule has 0 saturated heterocycles. The normalized spacial score (nSPS) is 10.8. The molecular formula is C24H19Cl4N3O4. The Labute approximate surface area is 221 Å². The highest BCUT2D eigenvalue weighted by Gasteiger charge is 2.14. The molecule has 0 radical (unpaired) electrons. The maximum Gasteiger partial charge on any atom is 0.329 e. The molecule has 2 amide bonds. The lowest BCUT2D eigenvalue weighted by Gasteiger charge is -2.13. The topological polar surface area (TPSA) is 89.0 Å². The molecule has 0 bridgehead atoms. The minimum absolute atomic E-state index is 0.215. The molecule has 0 heterocycles.